The van der Waals surface area contributed by atoms with Crippen LogP contribution in [0.1, 0.15) is 36.2 Å². The summed E-state index contributed by atoms with van der Waals surface area (Å²) in [5.41, 5.74) is -0.739. The van der Waals surface area contributed by atoms with Crippen molar-refractivity contribution in [1.29, 1.82) is 0 Å². The molecule has 0 atom stereocenters. The number of amides is 1. The summed E-state index contributed by atoms with van der Waals surface area (Å²) in [6.45, 7) is -0.0917. The SMILES string of the molecule is CN(CC1(O)CCCC1)C(=O)c1cn(CC(=O)O)nn1. The maximum absolute atomic E-state index is 12.1. The van der Waals surface area contributed by atoms with Gasteiger partial charge in [-0.15, -0.1) is 5.10 Å². The minimum Gasteiger partial charge on any atom is -0.480 e. The van der Waals surface area contributed by atoms with E-state index in [0.29, 0.717) is 12.8 Å². The predicted octanol–water partition coefficient (Wildman–Crippen LogP) is -0.260. The van der Waals surface area contributed by atoms with Crippen molar-refractivity contribution in [1.82, 2.24) is 19.9 Å². The van der Waals surface area contributed by atoms with Gasteiger partial charge in [0.25, 0.3) is 5.91 Å². The smallest absolute Gasteiger partial charge is 0.325 e. The zero-order chi connectivity index (χ0) is 14.8. The van der Waals surface area contributed by atoms with Crippen LogP contribution in [0.25, 0.3) is 0 Å². The topological polar surface area (TPSA) is 109 Å². The second-order valence-corrected chi connectivity index (χ2v) is 5.29. The normalized spacial score (nSPS) is 17.1. The van der Waals surface area contributed by atoms with Gasteiger partial charge in [0.1, 0.15) is 6.54 Å². The van der Waals surface area contributed by atoms with Gasteiger partial charge in [0.15, 0.2) is 5.69 Å². The van der Waals surface area contributed by atoms with Crippen molar-refractivity contribution in [3.8, 4) is 0 Å². The standard InChI is InChI=1S/C12H18N4O4/c1-15(8-12(20)4-2-3-5-12)11(19)9-6-16(14-13-9)7-10(17)18/h6,20H,2-5,7-8H2,1H3,(H,17,18). The summed E-state index contributed by atoms with van der Waals surface area (Å²) in [4.78, 5) is 24.1. The highest BCUT2D eigenvalue weighted by Gasteiger charge is 2.34. The van der Waals surface area contributed by atoms with Gasteiger partial charge >= 0.3 is 5.97 Å². The molecule has 1 aromatic rings. The van der Waals surface area contributed by atoms with E-state index < -0.39 is 11.6 Å². The maximum atomic E-state index is 12.1. The quantitative estimate of drug-likeness (QED) is 0.770. The van der Waals surface area contributed by atoms with E-state index in [2.05, 4.69) is 10.3 Å². The molecule has 1 saturated carbocycles. The van der Waals surface area contributed by atoms with E-state index in [1.54, 1.807) is 7.05 Å². The summed E-state index contributed by atoms with van der Waals surface area (Å²) < 4.78 is 1.09. The third-order valence-corrected chi connectivity index (χ3v) is 3.47. The molecule has 8 nitrogen and oxygen atoms in total. The Kier molecular flexibility index (Phi) is 4.03. The minimum atomic E-state index is -1.05. The third-order valence-electron chi connectivity index (χ3n) is 3.47. The second-order valence-electron chi connectivity index (χ2n) is 5.29. The zero-order valence-electron chi connectivity index (χ0n) is 11.3. The first-order valence-corrected chi connectivity index (χ1v) is 6.49. The van der Waals surface area contributed by atoms with E-state index >= 15 is 0 Å². The van der Waals surface area contributed by atoms with Crippen molar-refractivity contribution in [2.24, 2.45) is 0 Å². The Morgan fingerprint density at radius 3 is 2.70 bits per heavy atom. The molecular weight excluding hydrogens is 264 g/mol. The highest BCUT2D eigenvalue weighted by Crippen LogP contribution is 2.30. The molecule has 1 amide bonds. The van der Waals surface area contributed by atoms with Crippen molar-refractivity contribution < 1.29 is 19.8 Å². The van der Waals surface area contributed by atoms with Gasteiger partial charge in [-0.25, -0.2) is 4.68 Å². The lowest BCUT2D eigenvalue weighted by atomic mass is 10.0. The lowest BCUT2D eigenvalue weighted by Crippen LogP contribution is -2.42. The van der Waals surface area contributed by atoms with Gasteiger partial charge in [-0.3, -0.25) is 9.59 Å². The minimum absolute atomic E-state index is 0.0790. The lowest BCUT2D eigenvalue weighted by Gasteiger charge is -2.28. The molecule has 0 saturated heterocycles. The Hall–Kier alpha value is -1.96. The van der Waals surface area contributed by atoms with Crippen LogP contribution in [0.4, 0.5) is 0 Å². The molecule has 1 fully saturated rings. The van der Waals surface area contributed by atoms with Crippen molar-refractivity contribution >= 4 is 11.9 Å². The number of carbonyl (C=O) groups excluding carboxylic acids is 1. The summed E-state index contributed by atoms with van der Waals surface area (Å²) >= 11 is 0. The van der Waals surface area contributed by atoms with Gasteiger partial charge < -0.3 is 15.1 Å². The number of carboxylic acid groups (broad SMARTS) is 1. The van der Waals surface area contributed by atoms with Crippen LogP contribution in [0.3, 0.4) is 0 Å². The summed E-state index contributed by atoms with van der Waals surface area (Å²) in [7, 11) is 1.59. The second kappa shape index (κ2) is 5.58. The largest absolute Gasteiger partial charge is 0.480 e. The first-order chi connectivity index (χ1) is 9.39. The Morgan fingerprint density at radius 2 is 2.10 bits per heavy atom. The van der Waals surface area contributed by atoms with Gasteiger partial charge in [-0.05, 0) is 12.8 Å². The molecule has 0 aliphatic heterocycles. The first kappa shape index (κ1) is 14.4. The average Bonchev–Trinajstić information content (AvgIpc) is 2.97. The first-order valence-electron chi connectivity index (χ1n) is 6.49. The van der Waals surface area contributed by atoms with Gasteiger partial charge in [0.2, 0.25) is 0 Å². The number of likely N-dealkylation sites (N-methyl/N-ethyl adjacent to an activating group) is 1. The number of aromatic nitrogens is 3. The summed E-state index contributed by atoms with van der Waals surface area (Å²) in [6, 6.07) is 0. The van der Waals surface area contributed by atoms with Crippen LogP contribution in [0, 0.1) is 0 Å². The lowest BCUT2D eigenvalue weighted by molar-refractivity contribution is -0.137. The van der Waals surface area contributed by atoms with Gasteiger partial charge in [-0.1, -0.05) is 18.1 Å². The molecule has 1 aliphatic rings. The molecule has 1 aliphatic carbocycles. The number of hydrogen-bond acceptors (Lipinski definition) is 5. The molecule has 1 aromatic heterocycles. The Balaban J connectivity index is 1.99. The van der Waals surface area contributed by atoms with E-state index in [4.69, 9.17) is 5.11 Å². The molecule has 1 heterocycles. The zero-order valence-corrected chi connectivity index (χ0v) is 11.3. The van der Waals surface area contributed by atoms with E-state index in [-0.39, 0.29) is 24.7 Å². The van der Waals surface area contributed by atoms with E-state index in [1.807, 2.05) is 0 Å². The fourth-order valence-electron chi connectivity index (χ4n) is 2.51. The summed E-state index contributed by atoms with van der Waals surface area (Å²) in [6.07, 6.45) is 4.61. The number of rotatable bonds is 5. The van der Waals surface area contributed by atoms with Crippen LogP contribution < -0.4 is 0 Å². The number of aliphatic carboxylic acids is 1. The number of nitrogens with zero attached hydrogens (tertiary/aromatic N) is 4. The molecule has 110 valence electrons. The molecule has 0 unspecified atom stereocenters. The Bertz CT molecular complexity index is 507. The van der Waals surface area contributed by atoms with Gasteiger partial charge in [-0.2, -0.15) is 0 Å². The van der Waals surface area contributed by atoms with E-state index in [0.717, 1.165) is 17.5 Å². The number of hydrogen-bond donors (Lipinski definition) is 2. The Morgan fingerprint density at radius 1 is 1.45 bits per heavy atom. The van der Waals surface area contributed by atoms with Crippen LogP contribution in [0.2, 0.25) is 0 Å². The Labute approximate surface area is 116 Å². The van der Waals surface area contributed by atoms with E-state index in [9.17, 15) is 14.7 Å². The predicted molar refractivity (Wildman–Crippen MR) is 68.0 cm³/mol. The molecule has 0 aromatic carbocycles. The van der Waals surface area contributed by atoms with Crippen LogP contribution in [-0.4, -0.2) is 61.2 Å². The van der Waals surface area contributed by atoms with Crippen molar-refractivity contribution in [2.75, 3.05) is 13.6 Å². The van der Waals surface area contributed by atoms with Gasteiger partial charge in [0, 0.05) is 13.6 Å². The highest BCUT2D eigenvalue weighted by molar-refractivity contribution is 5.91. The molecule has 0 bridgehead atoms. The maximum Gasteiger partial charge on any atom is 0.325 e. The van der Waals surface area contributed by atoms with Crippen LogP contribution in [-0.2, 0) is 11.3 Å². The highest BCUT2D eigenvalue weighted by atomic mass is 16.4. The number of carbonyl (C=O) groups is 2. The van der Waals surface area contributed by atoms with Crippen molar-refractivity contribution in [3.63, 3.8) is 0 Å². The number of carboxylic acids is 1. The summed E-state index contributed by atoms with van der Waals surface area (Å²) in [5, 5.41) is 26.1. The molecule has 0 spiro atoms. The fourth-order valence-corrected chi connectivity index (χ4v) is 2.51. The monoisotopic (exact) mass is 282 g/mol. The molecular formula is C12H18N4O4. The van der Waals surface area contributed by atoms with Gasteiger partial charge in [0.05, 0.1) is 11.8 Å². The average molecular weight is 282 g/mol. The fraction of sp³-hybridized carbons (Fsp3) is 0.667. The van der Waals surface area contributed by atoms with Crippen LogP contribution in [0.5, 0.6) is 0 Å². The summed E-state index contributed by atoms with van der Waals surface area (Å²) in [5.74, 6) is -1.43. The third kappa shape index (κ3) is 3.32. The van der Waals surface area contributed by atoms with Crippen molar-refractivity contribution in [3.05, 3.63) is 11.9 Å². The van der Waals surface area contributed by atoms with Crippen LogP contribution in [0.15, 0.2) is 6.20 Å². The molecule has 2 rings (SSSR count). The molecule has 20 heavy (non-hydrogen) atoms. The van der Waals surface area contributed by atoms with E-state index in [1.165, 1.54) is 11.1 Å². The number of aliphatic hydroxyl groups is 1. The molecule has 0 radical (unpaired) electrons. The van der Waals surface area contributed by atoms with Crippen LogP contribution >= 0.6 is 0 Å². The molecule has 8 heteroatoms. The molecule has 2 N–H and O–H groups in total. The van der Waals surface area contributed by atoms with Crippen molar-refractivity contribution in [2.45, 2.75) is 37.8 Å².